The van der Waals surface area contributed by atoms with E-state index in [1.54, 1.807) is 0 Å². The quantitative estimate of drug-likeness (QED) is 0.363. The second-order valence-corrected chi connectivity index (χ2v) is 6.35. The Morgan fingerprint density at radius 2 is 1.50 bits per heavy atom. The molecule has 0 aliphatic heterocycles. The van der Waals surface area contributed by atoms with Crippen molar-refractivity contribution in [3.63, 3.8) is 0 Å². The van der Waals surface area contributed by atoms with Gasteiger partial charge in [-0.1, -0.05) is 78.7 Å². The van der Waals surface area contributed by atoms with Gasteiger partial charge in [-0.3, -0.25) is 4.79 Å². The highest BCUT2D eigenvalue weighted by Gasteiger charge is 2.23. The van der Waals surface area contributed by atoms with E-state index in [1.807, 2.05) is 0 Å². The minimum absolute atomic E-state index is 0.0432. The molecule has 0 aromatic heterocycles. The molecule has 0 saturated heterocycles. The number of hydrogen-bond donors (Lipinski definition) is 1. The van der Waals surface area contributed by atoms with Gasteiger partial charge >= 0.3 is 0 Å². The van der Waals surface area contributed by atoms with Crippen LogP contribution in [0.4, 0.5) is 0 Å². The van der Waals surface area contributed by atoms with Crippen molar-refractivity contribution in [3.05, 3.63) is 12.7 Å². The smallest absolute Gasteiger partial charge is 0.243 e. The topological polar surface area (TPSA) is 29.1 Å². The van der Waals surface area contributed by atoms with Crippen molar-refractivity contribution < 1.29 is 4.79 Å². The van der Waals surface area contributed by atoms with Gasteiger partial charge in [-0.15, -0.1) is 0 Å². The maximum atomic E-state index is 11.4. The van der Waals surface area contributed by atoms with Crippen LogP contribution >= 0.6 is 0 Å². The van der Waals surface area contributed by atoms with E-state index in [0.29, 0.717) is 0 Å². The zero-order valence-corrected chi connectivity index (χ0v) is 14.0. The van der Waals surface area contributed by atoms with Crippen LogP contribution in [-0.4, -0.2) is 12.5 Å². The van der Waals surface area contributed by atoms with Crippen LogP contribution < -0.4 is 5.32 Å². The highest BCUT2D eigenvalue weighted by molar-refractivity contribution is 5.86. The van der Waals surface area contributed by atoms with E-state index in [0.717, 1.165) is 6.54 Å². The minimum atomic E-state index is -0.0432. The van der Waals surface area contributed by atoms with Crippen molar-refractivity contribution in [2.45, 2.75) is 85.0 Å². The molecule has 1 N–H and O–H groups in total. The van der Waals surface area contributed by atoms with Gasteiger partial charge in [0.05, 0.1) is 0 Å². The molecule has 0 aromatic carbocycles. The van der Waals surface area contributed by atoms with Gasteiger partial charge in [0.25, 0.3) is 0 Å². The fourth-order valence-corrected chi connectivity index (χ4v) is 2.63. The maximum absolute atomic E-state index is 11.4. The summed E-state index contributed by atoms with van der Waals surface area (Å²) < 4.78 is 0. The van der Waals surface area contributed by atoms with Gasteiger partial charge < -0.3 is 5.32 Å². The first-order valence-electron chi connectivity index (χ1n) is 8.48. The lowest BCUT2D eigenvalue weighted by Crippen LogP contribution is -2.35. The van der Waals surface area contributed by atoms with E-state index >= 15 is 0 Å². The number of amides is 1. The number of hydrogen-bond acceptors (Lipinski definition) is 1. The summed E-state index contributed by atoms with van der Waals surface area (Å²) in [5, 5.41) is 3.00. The highest BCUT2D eigenvalue weighted by Crippen LogP contribution is 2.30. The van der Waals surface area contributed by atoms with Gasteiger partial charge in [0.15, 0.2) is 0 Å². The van der Waals surface area contributed by atoms with Crippen LogP contribution in [0, 0.1) is 5.41 Å². The summed E-state index contributed by atoms with van der Waals surface area (Å²) in [6, 6.07) is 0. The largest absolute Gasteiger partial charge is 0.352 e. The first-order chi connectivity index (χ1) is 9.58. The summed E-state index contributed by atoms with van der Waals surface area (Å²) in [6.45, 7) is 11.1. The minimum Gasteiger partial charge on any atom is -0.352 e. The van der Waals surface area contributed by atoms with Crippen LogP contribution in [0.5, 0.6) is 0 Å². The molecule has 0 rings (SSSR count). The number of carbonyl (C=O) groups excluding carboxylic acids is 1. The van der Waals surface area contributed by atoms with E-state index < -0.39 is 0 Å². The maximum Gasteiger partial charge on any atom is 0.243 e. The van der Waals surface area contributed by atoms with Crippen LogP contribution in [0.15, 0.2) is 12.7 Å². The van der Waals surface area contributed by atoms with Gasteiger partial charge in [-0.05, 0) is 24.3 Å². The highest BCUT2D eigenvalue weighted by atomic mass is 16.1. The lowest BCUT2D eigenvalue weighted by Gasteiger charge is -2.30. The van der Waals surface area contributed by atoms with Gasteiger partial charge in [0.1, 0.15) is 0 Å². The molecule has 118 valence electrons. The van der Waals surface area contributed by atoms with E-state index in [1.165, 1.54) is 70.3 Å². The molecule has 0 fully saturated rings. The zero-order valence-electron chi connectivity index (χ0n) is 14.0. The monoisotopic (exact) mass is 281 g/mol. The van der Waals surface area contributed by atoms with Crippen LogP contribution in [0.1, 0.15) is 85.0 Å². The van der Waals surface area contributed by atoms with Crippen molar-refractivity contribution in [1.82, 2.24) is 5.32 Å². The first-order valence-corrected chi connectivity index (χ1v) is 8.48. The molecule has 0 heterocycles. The SMILES string of the molecule is C=CC(=O)NCC(C)(CCCCCC)CCCCCC. The van der Waals surface area contributed by atoms with Crippen molar-refractivity contribution in [2.24, 2.45) is 5.41 Å². The second-order valence-electron chi connectivity index (χ2n) is 6.35. The van der Waals surface area contributed by atoms with Gasteiger partial charge in [-0.2, -0.15) is 0 Å². The van der Waals surface area contributed by atoms with Crippen molar-refractivity contribution in [1.29, 1.82) is 0 Å². The molecule has 0 aliphatic rings. The average Bonchev–Trinajstić information content (AvgIpc) is 2.46. The van der Waals surface area contributed by atoms with E-state index in [4.69, 9.17) is 0 Å². The second kappa shape index (κ2) is 12.0. The molecule has 2 nitrogen and oxygen atoms in total. The Hall–Kier alpha value is -0.790. The predicted molar refractivity (Wildman–Crippen MR) is 88.8 cm³/mol. The molecular formula is C18H35NO. The summed E-state index contributed by atoms with van der Waals surface area (Å²) >= 11 is 0. The zero-order chi connectivity index (χ0) is 15.3. The number of unbranched alkanes of at least 4 members (excludes halogenated alkanes) is 6. The van der Waals surface area contributed by atoms with Gasteiger partial charge in [-0.25, -0.2) is 0 Å². The fraction of sp³-hybridized carbons (Fsp3) is 0.833. The number of rotatable bonds is 13. The van der Waals surface area contributed by atoms with Crippen LogP contribution in [-0.2, 0) is 4.79 Å². The average molecular weight is 281 g/mol. The lowest BCUT2D eigenvalue weighted by atomic mass is 9.79. The Morgan fingerprint density at radius 1 is 1.00 bits per heavy atom. The first kappa shape index (κ1) is 19.2. The normalized spacial score (nSPS) is 11.3. The Bertz CT molecular complexity index is 248. The molecule has 0 aromatic rings. The molecule has 2 heteroatoms. The molecule has 0 spiro atoms. The molecule has 0 unspecified atom stereocenters. The molecule has 0 bridgehead atoms. The Kier molecular flexibility index (Phi) is 11.5. The summed E-state index contributed by atoms with van der Waals surface area (Å²) in [7, 11) is 0. The Morgan fingerprint density at radius 3 is 1.90 bits per heavy atom. The van der Waals surface area contributed by atoms with Gasteiger partial charge in [0.2, 0.25) is 5.91 Å². The lowest BCUT2D eigenvalue weighted by molar-refractivity contribution is -0.117. The standard InChI is InChI=1S/C18H35NO/c1-5-8-10-12-14-18(4,15-13-11-9-6-2)16-19-17(20)7-3/h7H,3,5-6,8-16H2,1-2,4H3,(H,19,20). The predicted octanol–water partition coefficient (Wildman–Crippen LogP) is 5.24. The van der Waals surface area contributed by atoms with Crippen LogP contribution in [0.2, 0.25) is 0 Å². The molecule has 0 atom stereocenters. The molecule has 0 aliphatic carbocycles. The number of nitrogens with one attached hydrogen (secondary N) is 1. The van der Waals surface area contributed by atoms with E-state index in [2.05, 4.69) is 32.7 Å². The van der Waals surface area contributed by atoms with Crippen LogP contribution in [0.25, 0.3) is 0 Å². The van der Waals surface area contributed by atoms with Crippen molar-refractivity contribution in [2.75, 3.05) is 6.54 Å². The third-order valence-corrected chi connectivity index (χ3v) is 4.14. The summed E-state index contributed by atoms with van der Waals surface area (Å²) in [5.41, 5.74) is 0.250. The molecule has 1 amide bonds. The third-order valence-electron chi connectivity index (χ3n) is 4.14. The molecule has 0 radical (unpaired) electrons. The Labute approximate surface area is 126 Å². The van der Waals surface area contributed by atoms with Crippen molar-refractivity contribution >= 4 is 5.91 Å². The summed E-state index contributed by atoms with van der Waals surface area (Å²) in [5.74, 6) is -0.0432. The Balaban J connectivity index is 4.18. The summed E-state index contributed by atoms with van der Waals surface area (Å²) in [6.07, 6.45) is 14.2. The number of carbonyl (C=O) groups is 1. The van der Waals surface area contributed by atoms with E-state index in [9.17, 15) is 4.79 Å². The summed E-state index contributed by atoms with van der Waals surface area (Å²) in [4.78, 5) is 11.4. The molecule has 0 saturated carbocycles. The van der Waals surface area contributed by atoms with Gasteiger partial charge in [0, 0.05) is 6.54 Å². The fourth-order valence-electron chi connectivity index (χ4n) is 2.63. The molecular weight excluding hydrogens is 246 g/mol. The third kappa shape index (κ3) is 10.1. The van der Waals surface area contributed by atoms with Crippen LogP contribution in [0.3, 0.4) is 0 Å². The van der Waals surface area contributed by atoms with Crippen molar-refractivity contribution in [3.8, 4) is 0 Å². The molecule has 20 heavy (non-hydrogen) atoms. The van der Waals surface area contributed by atoms with E-state index in [-0.39, 0.29) is 11.3 Å².